The molecule has 16 heavy (non-hydrogen) atoms. The van der Waals surface area contributed by atoms with Crippen LogP contribution in [0.15, 0.2) is 21.1 Å². The summed E-state index contributed by atoms with van der Waals surface area (Å²) in [5.41, 5.74) is 5.33. The van der Waals surface area contributed by atoms with Crippen LogP contribution in [-0.2, 0) is 4.79 Å². The number of amides is 1. The molecule has 1 aromatic rings. The van der Waals surface area contributed by atoms with E-state index in [-0.39, 0.29) is 17.8 Å². The molecule has 0 fully saturated rings. The number of hydrogen-bond donors (Lipinski definition) is 3. The van der Waals surface area contributed by atoms with Crippen LogP contribution in [0.1, 0.15) is 10.4 Å². The van der Waals surface area contributed by atoms with Crippen LogP contribution in [-0.4, -0.2) is 23.5 Å². The first kappa shape index (κ1) is 13.1. The Bertz CT molecular complexity index is 449. The lowest BCUT2D eigenvalue weighted by Crippen LogP contribution is -2.23. The van der Waals surface area contributed by atoms with E-state index in [1.54, 1.807) is 6.07 Å². The lowest BCUT2D eigenvalue weighted by Gasteiger charge is -2.10. The molecule has 0 saturated heterocycles. The van der Waals surface area contributed by atoms with Gasteiger partial charge in [0.2, 0.25) is 5.91 Å². The molecule has 0 atom stereocenters. The maximum atomic E-state index is 11.1. The number of rotatable bonds is 3. The topological polar surface area (TPSA) is 92.4 Å². The molecule has 7 heteroatoms. The zero-order valence-electron chi connectivity index (χ0n) is 7.96. The highest BCUT2D eigenvalue weighted by Crippen LogP contribution is 2.30. The van der Waals surface area contributed by atoms with Crippen molar-refractivity contribution in [3.8, 4) is 0 Å². The Hall–Kier alpha value is -0.920. The number of hydrogen-bond acceptors (Lipinski definition) is 3. The van der Waals surface area contributed by atoms with Gasteiger partial charge in [0.25, 0.3) is 0 Å². The van der Waals surface area contributed by atoms with Crippen molar-refractivity contribution in [2.24, 2.45) is 5.73 Å². The van der Waals surface area contributed by atoms with Crippen molar-refractivity contribution in [1.82, 2.24) is 0 Å². The van der Waals surface area contributed by atoms with E-state index in [4.69, 9.17) is 10.8 Å². The zero-order chi connectivity index (χ0) is 12.3. The van der Waals surface area contributed by atoms with Crippen molar-refractivity contribution < 1.29 is 14.7 Å². The summed E-state index contributed by atoms with van der Waals surface area (Å²) >= 11 is 6.34. The molecule has 0 aliphatic heterocycles. The SMILES string of the molecule is NCC(=O)Nc1c(Br)cc(Br)cc1C(=O)O. The van der Waals surface area contributed by atoms with Crippen LogP contribution in [0.5, 0.6) is 0 Å². The smallest absolute Gasteiger partial charge is 0.337 e. The highest BCUT2D eigenvalue weighted by atomic mass is 79.9. The van der Waals surface area contributed by atoms with E-state index >= 15 is 0 Å². The van der Waals surface area contributed by atoms with E-state index in [2.05, 4.69) is 37.2 Å². The summed E-state index contributed by atoms with van der Waals surface area (Å²) in [6.45, 7) is -0.207. The lowest BCUT2D eigenvalue weighted by atomic mass is 10.2. The van der Waals surface area contributed by atoms with Gasteiger partial charge in [-0.25, -0.2) is 4.79 Å². The second-order valence-electron chi connectivity index (χ2n) is 2.87. The standard InChI is InChI=1S/C9H8Br2N2O3/c10-4-1-5(9(15)16)8(6(11)2-4)13-7(14)3-12/h1-2H,3,12H2,(H,13,14)(H,15,16). The molecule has 1 rings (SSSR count). The van der Waals surface area contributed by atoms with Crippen LogP contribution in [0, 0.1) is 0 Å². The van der Waals surface area contributed by atoms with Crippen molar-refractivity contribution in [2.75, 3.05) is 11.9 Å². The number of benzene rings is 1. The van der Waals surface area contributed by atoms with Gasteiger partial charge in [-0.15, -0.1) is 0 Å². The number of carboxylic acids is 1. The van der Waals surface area contributed by atoms with Crippen LogP contribution in [0.4, 0.5) is 5.69 Å². The molecule has 86 valence electrons. The van der Waals surface area contributed by atoms with Crippen LogP contribution in [0.25, 0.3) is 0 Å². The van der Waals surface area contributed by atoms with Crippen molar-refractivity contribution in [1.29, 1.82) is 0 Å². The molecule has 0 unspecified atom stereocenters. The Morgan fingerprint density at radius 1 is 1.38 bits per heavy atom. The fraction of sp³-hybridized carbons (Fsp3) is 0.111. The molecule has 0 saturated carbocycles. The summed E-state index contributed by atoms with van der Waals surface area (Å²) in [5, 5.41) is 11.4. The molecule has 0 heterocycles. The Labute approximate surface area is 108 Å². The summed E-state index contributed by atoms with van der Waals surface area (Å²) in [5.74, 6) is -1.58. The van der Waals surface area contributed by atoms with Gasteiger partial charge in [-0.05, 0) is 28.1 Å². The first-order valence-electron chi connectivity index (χ1n) is 4.18. The van der Waals surface area contributed by atoms with Crippen LogP contribution in [0.3, 0.4) is 0 Å². The average Bonchev–Trinajstić information content (AvgIpc) is 2.20. The highest BCUT2D eigenvalue weighted by Gasteiger charge is 2.16. The van der Waals surface area contributed by atoms with Crippen molar-refractivity contribution >= 4 is 49.4 Å². The van der Waals surface area contributed by atoms with E-state index in [0.717, 1.165) is 0 Å². The molecular formula is C9H8Br2N2O3. The molecule has 0 spiro atoms. The maximum absolute atomic E-state index is 11.1. The first-order valence-corrected chi connectivity index (χ1v) is 5.76. The van der Waals surface area contributed by atoms with E-state index in [1.807, 2.05) is 0 Å². The zero-order valence-corrected chi connectivity index (χ0v) is 11.1. The number of carbonyl (C=O) groups is 2. The largest absolute Gasteiger partial charge is 0.478 e. The monoisotopic (exact) mass is 350 g/mol. The third-order valence-electron chi connectivity index (χ3n) is 1.74. The summed E-state index contributed by atoms with van der Waals surface area (Å²) in [6, 6.07) is 3.04. The number of carbonyl (C=O) groups excluding carboxylic acids is 1. The van der Waals surface area contributed by atoms with Gasteiger partial charge >= 0.3 is 5.97 Å². The van der Waals surface area contributed by atoms with E-state index in [9.17, 15) is 9.59 Å². The molecule has 1 aromatic carbocycles. The Morgan fingerprint density at radius 3 is 2.50 bits per heavy atom. The van der Waals surface area contributed by atoms with Crippen molar-refractivity contribution in [3.05, 3.63) is 26.6 Å². The van der Waals surface area contributed by atoms with Gasteiger partial charge < -0.3 is 16.2 Å². The molecule has 0 aliphatic carbocycles. The Balaban J connectivity index is 3.24. The minimum absolute atomic E-state index is 0.0111. The Kier molecular flexibility index (Phi) is 4.45. The number of carboxylic acid groups (broad SMARTS) is 1. The van der Waals surface area contributed by atoms with Crippen molar-refractivity contribution in [3.63, 3.8) is 0 Å². The van der Waals surface area contributed by atoms with Gasteiger partial charge in [0.05, 0.1) is 17.8 Å². The summed E-state index contributed by atoms with van der Waals surface area (Å²) in [4.78, 5) is 22.1. The molecule has 5 nitrogen and oxygen atoms in total. The summed E-state index contributed by atoms with van der Waals surface area (Å²) < 4.78 is 1.07. The summed E-state index contributed by atoms with van der Waals surface area (Å²) in [7, 11) is 0. The maximum Gasteiger partial charge on any atom is 0.337 e. The average molecular weight is 352 g/mol. The van der Waals surface area contributed by atoms with E-state index < -0.39 is 11.9 Å². The molecule has 0 radical (unpaired) electrons. The fourth-order valence-electron chi connectivity index (χ4n) is 1.06. The number of anilines is 1. The molecule has 4 N–H and O–H groups in total. The number of aromatic carboxylic acids is 1. The molecular weight excluding hydrogens is 344 g/mol. The fourth-order valence-corrected chi connectivity index (χ4v) is 2.38. The van der Waals surface area contributed by atoms with E-state index in [0.29, 0.717) is 8.95 Å². The predicted octanol–water partition coefficient (Wildman–Crippen LogP) is 1.81. The van der Waals surface area contributed by atoms with Gasteiger partial charge in [0.1, 0.15) is 0 Å². The molecule has 0 aromatic heterocycles. The van der Waals surface area contributed by atoms with Crippen LogP contribution >= 0.6 is 31.9 Å². The quantitative estimate of drug-likeness (QED) is 0.774. The van der Waals surface area contributed by atoms with Crippen LogP contribution < -0.4 is 11.1 Å². The number of nitrogens with one attached hydrogen (secondary N) is 1. The second kappa shape index (κ2) is 5.42. The highest BCUT2D eigenvalue weighted by molar-refractivity contribution is 9.11. The number of nitrogens with two attached hydrogens (primary N) is 1. The minimum atomic E-state index is -1.13. The third kappa shape index (κ3) is 3.03. The van der Waals surface area contributed by atoms with Gasteiger partial charge in [-0.2, -0.15) is 0 Å². The number of halogens is 2. The Morgan fingerprint density at radius 2 is 2.00 bits per heavy atom. The van der Waals surface area contributed by atoms with Crippen molar-refractivity contribution in [2.45, 2.75) is 0 Å². The molecule has 0 aliphatic rings. The molecule has 0 bridgehead atoms. The second-order valence-corrected chi connectivity index (χ2v) is 4.64. The molecule has 1 amide bonds. The normalized spacial score (nSPS) is 9.94. The summed E-state index contributed by atoms with van der Waals surface area (Å²) in [6.07, 6.45) is 0. The van der Waals surface area contributed by atoms with Gasteiger partial charge in [0, 0.05) is 8.95 Å². The van der Waals surface area contributed by atoms with Gasteiger partial charge in [-0.1, -0.05) is 15.9 Å². The van der Waals surface area contributed by atoms with Gasteiger partial charge in [-0.3, -0.25) is 4.79 Å². The predicted molar refractivity (Wildman–Crippen MR) is 66.5 cm³/mol. The first-order chi connectivity index (χ1) is 7.45. The van der Waals surface area contributed by atoms with Crippen LogP contribution in [0.2, 0.25) is 0 Å². The van der Waals surface area contributed by atoms with E-state index in [1.165, 1.54) is 6.07 Å². The third-order valence-corrected chi connectivity index (χ3v) is 2.82. The lowest BCUT2D eigenvalue weighted by molar-refractivity contribution is -0.114. The van der Waals surface area contributed by atoms with Gasteiger partial charge in [0.15, 0.2) is 0 Å². The minimum Gasteiger partial charge on any atom is -0.478 e.